The smallest absolute Gasteiger partial charge is 0.339 e. The monoisotopic (exact) mass is 287 g/mol. The van der Waals surface area contributed by atoms with Gasteiger partial charge >= 0.3 is 5.97 Å². The Bertz CT molecular complexity index is 617. The molecule has 2 aromatic rings. The zero-order chi connectivity index (χ0) is 15.2. The molecule has 0 fully saturated rings. The normalized spacial score (nSPS) is 11.8. The molecule has 0 spiro atoms. The highest BCUT2D eigenvalue weighted by molar-refractivity contribution is 5.90. The fourth-order valence-electron chi connectivity index (χ4n) is 1.89. The third kappa shape index (κ3) is 3.76. The topological polar surface area (TPSA) is 84.3 Å². The van der Waals surface area contributed by atoms with Crippen LogP contribution < -0.4 is 5.32 Å². The third-order valence-electron chi connectivity index (χ3n) is 3.06. The zero-order valence-electron chi connectivity index (χ0n) is 11.9. The lowest BCUT2D eigenvalue weighted by Crippen LogP contribution is -2.14. The van der Waals surface area contributed by atoms with Crippen molar-refractivity contribution in [3.8, 4) is 0 Å². The number of methoxy groups -OCH3 is 1. The summed E-state index contributed by atoms with van der Waals surface area (Å²) in [7, 11) is 1.33. The number of pyridine rings is 2. The number of carbonyl (C=O) groups is 1. The van der Waals surface area contributed by atoms with Crippen LogP contribution in [0.3, 0.4) is 0 Å². The van der Waals surface area contributed by atoms with Crippen molar-refractivity contribution in [2.45, 2.75) is 13.0 Å². The lowest BCUT2D eigenvalue weighted by Gasteiger charge is -2.13. The number of esters is 1. The summed E-state index contributed by atoms with van der Waals surface area (Å²) in [5.74, 6) is 0.177. The number of nitrogens with one attached hydrogen (secondary N) is 1. The van der Waals surface area contributed by atoms with E-state index in [9.17, 15) is 9.90 Å². The van der Waals surface area contributed by atoms with Crippen molar-refractivity contribution in [1.29, 1.82) is 0 Å². The van der Waals surface area contributed by atoms with E-state index < -0.39 is 12.1 Å². The van der Waals surface area contributed by atoms with E-state index in [1.165, 1.54) is 7.11 Å². The fraction of sp³-hybridized carbons (Fsp3) is 0.267. The van der Waals surface area contributed by atoms with Crippen LogP contribution in [0.2, 0.25) is 0 Å². The summed E-state index contributed by atoms with van der Waals surface area (Å²) in [5, 5.41) is 13.1. The van der Waals surface area contributed by atoms with Gasteiger partial charge in [-0.05, 0) is 36.8 Å². The molecule has 0 aromatic carbocycles. The predicted octanol–water partition coefficient (Wildman–Crippen LogP) is 1.72. The van der Waals surface area contributed by atoms with Gasteiger partial charge in [-0.1, -0.05) is 0 Å². The van der Waals surface area contributed by atoms with Crippen molar-refractivity contribution >= 4 is 11.8 Å². The van der Waals surface area contributed by atoms with Crippen molar-refractivity contribution in [3.63, 3.8) is 0 Å². The van der Waals surface area contributed by atoms with Crippen molar-refractivity contribution in [3.05, 3.63) is 53.5 Å². The number of ether oxygens (including phenoxy) is 1. The van der Waals surface area contributed by atoms with Crippen LogP contribution in [0.5, 0.6) is 0 Å². The maximum absolute atomic E-state index is 11.5. The molecule has 0 amide bonds. The largest absolute Gasteiger partial charge is 0.465 e. The molecule has 2 rings (SSSR count). The van der Waals surface area contributed by atoms with Crippen molar-refractivity contribution in [1.82, 2.24) is 9.97 Å². The molecule has 0 aliphatic carbocycles. The molecule has 110 valence electrons. The number of hydrogen-bond donors (Lipinski definition) is 2. The molecule has 2 heterocycles. The van der Waals surface area contributed by atoms with Gasteiger partial charge in [0.05, 0.1) is 24.5 Å². The standard InChI is InChI=1S/C15H17N3O3/c1-10-12(15(20)21-2)3-4-14(18-10)17-9-13(19)11-5-7-16-8-6-11/h3-8,13,19H,9H2,1-2H3,(H,17,18). The first-order valence-corrected chi connectivity index (χ1v) is 6.49. The minimum Gasteiger partial charge on any atom is -0.465 e. The molecule has 2 aromatic heterocycles. The summed E-state index contributed by atoms with van der Waals surface area (Å²) >= 11 is 0. The number of aryl methyl sites for hydroxylation is 1. The second-order valence-electron chi connectivity index (χ2n) is 4.50. The lowest BCUT2D eigenvalue weighted by molar-refractivity contribution is 0.0599. The Labute approximate surface area is 122 Å². The quantitative estimate of drug-likeness (QED) is 0.815. The maximum atomic E-state index is 11.5. The van der Waals surface area contributed by atoms with Gasteiger partial charge in [0.2, 0.25) is 0 Å². The van der Waals surface area contributed by atoms with Crippen molar-refractivity contribution < 1.29 is 14.6 Å². The van der Waals surface area contributed by atoms with Crippen LogP contribution in [0, 0.1) is 6.92 Å². The van der Waals surface area contributed by atoms with Gasteiger partial charge in [0.15, 0.2) is 0 Å². The zero-order valence-corrected chi connectivity index (χ0v) is 11.9. The van der Waals surface area contributed by atoms with E-state index >= 15 is 0 Å². The van der Waals surface area contributed by atoms with E-state index in [0.29, 0.717) is 23.6 Å². The molecule has 6 nitrogen and oxygen atoms in total. The molecule has 1 atom stereocenters. The van der Waals surface area contributed by atoms with Gasteiger partial charge in [-0.3, -0.25) is 4.98 Å². The molecule has 21 heavy (non-hydrogen) atoms. The molecule has 0 saturated carbocycles. The average Bonchev–Trinajstić information content (AvgIpc) is 2.52. The van der Waals surface area contributed by atoms with Gasteiger partial charge in [0.1, 0.15) is 5.82 Å². The number of aromatic nitrogens is 2. The van der Waals surface area contributed by atoms with Gasteiger partial charge < -0.3 is 15.2 Å². The molecular weight excluding hydrogens is 270 g/mol. The number of nitrogens with zero attached hydrogens (tertiary/aromatic N) is 2. The van der Waals surface area contributed by atoms with E-state index in [1.807, 2.05) is 0 Å². The molecule has 0 saturated heterocycles. The van der Waals surface area contributed by atoms with Crippen molar-refractivity contribution in [2.24, 2.45) is 0 Å². The SMILES string of the molecule is COC(=O)c1ccc(NCC(O)c2ccncc2)nc1C. The predicted molar refractivity (Wildman–Crippen MR) is 78.0 cm³/mol. The Morgan fingerprint density at radius 3 is 2.67 bits per heavy atom. The first kappa shape index (κ1) is 14.9. The van der Waals surface area contributed by atoms with Crippen LogP contribution in [0.4, 0.5) is 5.82 Å². The molecule has 0 aliphatic rings. The van der Waals surface area contributed by atoms with Crippen LogP contribution in [-0.4, -0.2) is 34.7 Å². The Hall–Kier alpha value is -2.47. The molecular formula is C15H17N3O3. The van der Waals surface area contributed by atoms with Crippen molar-refractivity contribution in [2.75, 3.05) is 19.0 Å². The van der Waals surface area contributed by atoms with Gasteiger partial charge in [-0.25, -0.2) is 9.78 Å². The number of anilines is 1. The van der Waals surface area contributed by atoms with Crippen LogP contribution in [0.1, 0.15) is 27.7 Å². The molecule has 0 radical (unpaired) electrons. The van der Waals surface area contributed by atoms with Crippen LogP contribution >= 0.6 is 0 Å². The Morgan fingerprint density at radius 2 is 2.05 bits per heavy atom. The second kappa shape index (κ2) is 6.81. The number of aliphatic hydroxyl groups is 1. The molecule has 0 bridgehead atoms. The highest BCUT2D eigenvalue weighted by Gasteiger charge is 2.11. The Kier molecular flexibility index (Phi) is 4.84. The Balaban J connectivity index is 2.01. The molecule has 6 heteroatoms. The minimum atomic E-state index is -0.657. The van der Waals surface area contributed by atoms with Gasteiger partial charge in [-0.2, -0.15) is 0 Å². The number of hydrogen-bond acceptors (Lipinski definition) is 6. The maximum Gasteiger partial charge on any atom is 0.339 e. The van der Waals surface area contributed by atoms with Gasteiger partial charge in [0, 0.05) is 18.9 Å². The fourth-order valence-corrected chi connectivity index (χ4v) is 1.89. The molecule has 1 unspecified atom stereocenters. The second-order valence-corrected chi connectivity index (χ2v) is 4.50. The summed E-state index contributed by atoms with van der Waals surface area (Å²) in [4.78, 5) is 19.6. The summed E-state index contributed by atoms with van der Waals surface area (Å²) < 4.78 is 4.67. The van der Waals surface area contributed by atoms with E-state index in [0.717, 1.165) is 5.56 Å². The average molecular weight is 287 g/mol. The van der Waals surface area contributed by atoms with Crippen LogP contribution in [0.25, 0.3) is 0 Å². The summed E-state index contributed by atoms with van der Waals surface area (Å²) in [6.45, 7) is 2.05. The van der Waals surface area contributed by atoms with Gasteiger partial charge in [-0.15, -0.1) is 0 Å². The van der Waals surface area contributed by atoms with Crippen LogP contribution in [-0.2, 0) is 4.74 Å². The van der Waals surface area contributed by atoms with Crippen LogP contribution in [0.15, 0.2) is 36.7 Å². The van der Waals surface area contributed by atoms with E-state index in [-0.39, 0.29) is 0 Å². The first-order chi connectivity index (χ1) is 10.1. The number of aliphatic hydroxyl groups excluding tert-OH is 1. The lowest BCUT2D eigenvalue weighted by atomic mass is 10.1. The number of carbonyl (C=O) groups excluding carboxylic acids is 1. The highest BCUT2D eigenvalue weighted by atomic mass is 16.5. The highest BCUT2D eigenvalue weighted by Crippen LogP contribution is 2.15. The Morgan fingerprint density at radius 1 is 1.33 bits per heavy atom. The summed E-state index contributed by atoms with van der Waals surface area (Å²) in [5.41, 5.74) is 1.78. The minimum absolute atomic E-state index is 0.314. The first-order valence-electron chi connectivity index (χ1n) is 6.49. The van der Waals surface area contributed by atoms with E-state index in [1.54, 1.807) is 43.6 Å². The third-order valence-corrected chi connectivity index (χ3v) is 3.06. The summed E-state index contributed by atoms with van der Waals surface area (Å²) in [6.07, 6.45) is 2.61. The van der Waals surface area contributed by atoms with Gasteiger partial charge in [0.25, 0.3) is 0 Å². The molecule has 0 aliphatic heterocycles. The summed E-state index contributed by atoms with van der Waals surface area (Å²) in [6, 6.07) is 6.84. The van der Waals surface area contributed by atoms with E-state index in [4.69, 9.17) is 0 Å². The molecule has 2 N–H and O–H groups in total. The number of rotatable bonds is 5. The van der Waals surface area contributed by atoms with E-state index in [2.05, 4.69) is 20.0 Å².